The second kappa shape index (κ2) is 6.04. The Hall–Kier alpha value is -1.34. The number of carbonyl (C=O) groups is 1. The first-order valence-corrected chi connectivity index (χ1v) is 9.13. The average molecular weight is 328 g/mol. The van der Waals surface area contributed by atoms with Gasteiger partial charge in [-0.1, -0.05) is 20.3 Å². The first-order chi connectivity index (χ1) is 10.2. The summed E-state index contributed by atoms with van der Waals surface area (Å²) in [5.74, 6) is -0.0681. The largest absolute Gasteiger partial charge is 0.455 e. The Morgan fingerprint density at radius 3 is 2.73 bits per heavy atom. The van der Waals surface area contributed by atoms with Crippen LogP contribution in [0.1, 0.15) is 55.8 Å². The summed E-state index contributed by atoms with van der Waals surface area (Å²) in [7, 11) is -3.87. The number of nitrogens with zero attached hydrogens (tertiary/aromatic N) is 1. The zero-order valence-electron chi connectivity index (χ0n) is 13.4. The molecule has 2 N–H and O–H groups in total. The van der Waals surface area contributed by atoms with E-state index in [0.717, 1.165) is 25.7 Å². The number of hydrogen-bond donors (Lipinski definition) is 1. The van der Waals surface area contributed by atoms with Gasteiger partial charge >= 0.3 is 0 Å². The van der Waals surface area contributed by atoms with Crippen LogP contribution in [0.2, 0.25) is 0 Å². The first kappa shape index (κ1) is 17.0. The van der Waals surface area contributed by atoms with E-state index in [0.29, 0.717) is 13.1 Å². The molecule has 7 heteroatoms. The van der Waals surface area contributed by atoms with Crippen LogP contribution in [0, 0.1) is 12.3 Å². The van der Waals surface area contributed by atoms with E-state index in [9.17, 15) is 13.2 Å². The smallest absolute Gasteiger partial charge is 0.289 e. The number of carbonyl (C=O) groups excluding carboxylic acids is 1. The van der Waals surface area contributed by atoms with Gasteiger partial charge in [-0.3, -0.25) is 4.79 Å². The minimum absolute atomic E-state index is 0.0438. The maximum atomic E-state index is 12.6. The molecule has 22 heavy (non-hydrogen) atoms. The molecule has 0 saturated carbocycles. The van der Waals surface area contributed by atoms with Crippen LogP contribution in [0.4, 0.5) is 0 Å². The lowest BCUT2D eigenvalue weighted by Gasteiger charge is -2.40. The van der Waals surface area contributed by atoms with E-state index in [1.165, 1.54) is 13.0 Å². The summed E-state index contributed by atoms with van der Waals surface area (Å²) in [5, 5.41) is 5.12. The van der Waals surface area contributed by atoms with Gasteiger partial charge in [-0.15, -0.1) is 0 Å². The third-order valence-electron chi connectivity index (χ3n) is 4.31. The van der Waals surface area contributed by atoms with Crippen molar-refractivity contribution in [3.05, 3.63) is 17.6 Å². The van der Waals surface area contributed by atoms with Crippen molar-refractivity contribution >= 4 is 15.9 Å². The number of sulfonamides is 1. The maximum Gasteiger partial charge on any atom is 0.289 e. The predicted molar refractivity (Wildman–Crippen MR) is 83.0 cm³/mol. The molecule has 0 radical (unpaired) electrons. The molecular formula is C15H24N2O4S. The Balaban J connectivity index is 2.22. The quantitative estimate of drug-likeness (QED) is 0.917. The molecule has 0 spiro atoms. The van der Waals surface area contributed by atoms with Gasteiger partial charge in [-0.05, 0) is 31.6 Å². The van der Waals surface area contributed by atoms with Crippen LogP contribution in [0.3, 0.4) is 0 Å². The molecule has 1 aliphatic heterocycles. The lowest BCUT2D eigenvalue weighted by Crippen LogP contribution is -2.44. The molecule has 0 aliphatic carbocycles. The molecule has 1 unspecified atom stereocenters. The number of rotatable bonds is 4. The monoisotopic (exact) mass is 328 g/mol. The average Bonchev–Trinajstić information content (AvgIpc) is 2.80. The zero-order chi connectivity index (χ0) is 16.5. The number of nitrogens with two attached hydrogens (primary N) is 1. The summed E-state index contributed by atoms with van der Waals surface area (Å²) in [6, 6.07) is 1.23. The van der Waals surface area contributed by atoms with Crippen molar-refractivity contribution in [2.45, 2.75) is 51.3 Å². The topological polar surface area (TPSA) is 93.6 Å². The summed E-state index contributed by atoms with van der Waals surface area (Å²) in [6.45, 7) is 7.17. The van der Waals surface area contributed by atoms with E-state index in [-0.39, 0.29) is 27.7 Å². The molecular weight excluding hydrogens is 304 g/mol. The third-order valence-corrected chi connectivity index (χ3v) is 5.33. The number of amides is 1. The van der Waals surface area contributed by atoms with Crippen molar-refractivity contribution in [3.63, 3.8) is 0 Å². The summed E-state index contributed by atoms with van der Waals surface area (Å²) in [5.41, 5.74) is 0.118. The summed E-state index contributed by atoms with van der Waals surface area (Å²) in [6.07, 6.45) is 4.19. The Morgan fingerprint density at radius 2 is 2.18 bits per heavy atom. The number of piperidine rings is 1. The van der Waals surface area contributed by atoms with E-state index in [2.05, 4.69) is 13.8 Å². The van der Waals surface area contributed by atoms with Gasteiger partial charge < -0.3 is 9.32 Å². The van der Waals surface area contributed by atoms with Crippen molar-refractivity contribution in [1.82, 2.24) is 4.90 Å². The van der Waals surface area contributed by atoms with Crippen molar-refractivity contribution in [2.75, 3.05) is 13.1 Å². The zero-order valence-corrected chi connectivity index (χ0v) is 14.2. The molecule has 2 rings (SSSR count). The van der Waals surface area contributed by atoms with Gasteiger partial charge in [0.1, 0.15) is 10.7 Å². The molecule has 2 heterocycles. The van der Waals surface area contributed by atoms with Crippen LogP contribution >= 0.6 is 0 Å². The molecule has 1 atom stereocenters. The van der Waals surface area contributed by atoms with Crippen LogP contribution in [0.15, 0.2) is 15.4 Å². The molecule has 0 bridgehead atoms. The minimum atomic E-state index is -3.87. The molecule has 1 aliphatic rings. The fourth-order valence-electron chi connectivity index (χ4n) is 3.31. The van der Waals surface area contributed by atoms with Gasteiger partial charge in [0, 0.05) is 19.2 Å². The fraction of sp³-hybridized carbons (Fsp3) is 0.667. The van der Waals surface area contributed by atoms with Crippen LogP contribution in [0.25, 0.3) is 0 Å². The number of aryl methyl sites for hydroxylation is 1. The van der Waals surface area contributed by atoms with Crippen LogP contribution < -0.4 is 5.14 Å². The van der Waals surface area contributed by atoms with Gasteiger partial charge in [0.15, 0.2) is 5.76 Å². The number of furan rings is 1. The van der Waals surface area contributed by atoms with Gasteiger partial charge in [0.05, 0.1) is 0 Å². The van der Waals surface area contributed by atoms with Gasteiger partial charge in [-0.25, -0.2) is 13.6 Å². The highest BCUT2D eigenvalue weighted by Crippen LogP contribution is 2.34. The van der Waals surface area contributed by atoms with Crippen molar-refractivity contribution in [1.29, 1.82) is 0 Å². The van der Waals surface area contributed by atoms with Crippen molar-refractivity contribution in [2.24, 2.45) is 10.6 Å². The highest BCUT2D eigenvalue weighted by atomic mass is 32.2. The van der Waals surface area contributed by atoms with E-state index in [1.54, 1.807) is 4.90 Å². The second-order valence-electron chi connectivity index (χ2n) is 6.47. The fourth-order valence-corrected chi connectivity index (χ4v) is 4.02. The highest BCUT2D eigenvalue weighted by molar-refractivity contribution is 7.89. The van der Waals surface area contributed by atoms with Crippen LogP contribution in [-0.2, 0) is 10.0 Å². The number of likely N-dealkylation sites (tertiary alicyclic amines) is 1. The normalized spacial score (nSPS) is 22.8. The lowest BCUT2D eigenvalue weighted by molar-refractivity contribution is 0.0500. The molecule has 0 aromatic carbocycles. The third kappa shape index (κ3) is 3.52. The van der Waals surface area contributed by atoms with E-state index in [1.807, 2.05) is 0 Å². The second-order valence-corrected chi connectivity index (χ2v) is 8.00. The SMILES string of the molecule is CCCC1(C)CCCN(C(=O)c2cc(S(N)(=O)=O)c(C)o2)C1. The molecule has 6 nitrogen and oxygen atoms in total. The van der Waals surface area contributed by atoms with E-state index >= 15 is 0 Å². The van der Waals surface area contributed by atoms with Crippen LogP contribution in [0.5, 0.6) is 0 Å². The Morgan fingerprint density at radius 1 is 1.50 bits per heavy atom. The molecule has 1 fully saturated rings. The van der Waals surface area contributed by atoms with Crippen LogP contribution in [-0.4, -0.2) is 32.3 Å². The summed E-state index contributed by atoms with van der Waals surface area (Å²) >= 11 is 0. The highest BCUT2D eigenvalue weighted by Gasteiger charge is 2.34. The number of primary sulfonamides is 1. The molecule has 1 amide bonds. The summed E-state index contributed by atoms with van der Waals surface area (Å²) < 4.78 is 28.2. The lowest BCUT2D eigenvalue weighted by atomic mass is 9.78. The summed E-state index contributed by atoms with van der Waals surface area (Å²) in [4.78, 5) is 14.2. The predicted octanol–water partition coefficient (Wildman–Crippen LogP) is 2.28. The molecule has 1 saturated heterocycles. The van der Waals surface area contributed by atoms with Gasteiger partial charge in [0.25, 0.3) is 5.91 Å². The molecule has 1 aromatic rings. The van der Waals surface area contributed by atoms with Gasteiger partial charge in [0.2, 0.25) is 10.0 Å². The first-order valence-electron chi connectivity index (χ1n) is 7.59. The number of hydrogen-bond acceptors (Lipinski definition) is 4. The Kier molecular flexibility index (Phi) is 4.67. The Bertz CT molecular complexity index is 661. The minimum Gasteiger partial charge on any atom is -0.455 e. The van der Waals surface area contributed by atoms with Gasteiger partial charge in [-0.2, -0.15) is 0 Å². The molecule has 124 valence electrons. The van der Waals surface area contributed by atoms with Crippen molar-refractivity contribution < 1.29 is 17.6 Å². The maximum absolute atomic E-state index is 12.6. The van der Waals surface area contributed by atoms with E-state index in [4.69, 9.17) is 9.56 Å². The van der Waals surface area contributed by atoms with Crippen molar-refractivity contribution in [3.8, 4) is 0 Å². The molecule has 1 aromatic heterocycles. The standard InChI is InChI=1S/C15H24N2O4S/c1-4-6-15(3)7-5-8-17(10-15)14(18)12-9-13(11(2)21-12)22(16,19)20/h9H,4-8,10H2,1-3H3,(H2,16,19,20). The van der Waals surface area contributed by atoms with E-state index < -0.39 is 10.0 Å². The Labute approximate surface area is 131 Å².